The van der Waals surface area contributed by atoms with Crippen LogP contribution in [0.3, 0.4) is 0 Å². The van der Waals surface area contributed by atoms with Gasteiger partial charge in [-0.05, 0) is 48.0 Å². The molecule has 1 aromatic carbocycles. The lowest BCUT2D eigenvalue weighted by atomic mass is 10.3. The summed E-state index contributed by atoms with van der Waals surface area (Å²) in [6, 6.07) is 9.26. The lowest BCUT2D eigenvalue weighted by molar-refractivity contribution is 0.414. The Bertz CT molecular complexity index is 649. The molecule has 0 aliphatic heterocycles. The van der Waals surface area contributed by atoms with Crippen molar-refractivity contribution in [3.05, 3.63) is 47.4 Å². The standard InChI is InChI=1S/C12H12ClNO4S/c1-17-9-2-5-11(6-3-9)19(15,16)14-8-10-4-7-12(13)18-10/h2-7,14H,8H2,1H3. The largest absolute Gasteiger partial charge is 0.497 e. The topological polar surface area (TPSA) is 68.5 Å². The Hall–Kier alpha value is -1.50. The van der Waals surface area contributed by atoms with E-state index in [9.17, 15) is 8.42 Å². The van der Waals surface area contributed by atoms with Gasteiger partial charge in [0.15, 0.2) is 5.22 Å². The molecule has 0 saturated carbocycles. The van der Waals surface area contributed by atoms with Crippen molar-refractivity contribution in [1.82, 2.24) is 4.72 Å². The van der Waals surface area contributed by atoms with Crippen molar-refractivity contribution in [1.29, 1.82) is 0 Å². The van der Waals surface area contributed by atoms with E-state index in [4.69, 9.17) is 20.8 Å². The summed E-state index contributed by atoms with van der Waals surface area (Å²) in [7, 11) is -2.07. The van der Waals surface area contributed by atoms with Gasteiger partial charge in [0.25, 0.3) is 0 Å². The summed E-state index contributed by atoms with van der Waals surface area (Å²) < 4.78 is 36.4. The minimum absolute atomic E-state index is 0.0427. The molecule has 1 heterocycles. The predicted molar refractivity (Wildman–Crippen MR) is 70.7 cm³/mol. The number of hydrogen-bond acceptors (Lipinski definition) is 4. The van der Waals surface area contributed by atoms with Crippen LogP contribution in [0.4, 0.5) is 0 Å². The highest BCUT2D eigenvalue weighted by atomic mass is 35.5. The molecule has 0 radical (unpaired) electrons. The van der Waals surface area contributed by atoms with Crippen molar-refractivity contribution >= 4 is 21.6 Å². The first-order valence-corrected chi connectivity index (χ1v) is 7.25. The second-order valence-corrected chi connectivity index (χ2v) is 5.85. The molecule has 7 heteroatoms. The summed E-state index contributed by atoms with van der Waals surface area (Å²) in [5.41, 5.74) is 0. The molecule has 0 unspecified atom stereocenters. The van der Waals surface area contributed by atoms with Crippen molar-refractivity contribution < 1.29 is 17.6 Å². The van der Waals surface area contributed by atoms with Crippen LogP contribution < -0.4 is 9.46 Å². The Morgan fingerprint density at radius 2 is 1.89 bits per heavy atom. The van der Waals surface area contributed by atoms with Crippen LogP contribution in [0, 0.1) is 0 Å². The fraction of sp³-hybridized carbons (Fsp3) is 0.167. The Labute approximate surface area is 116 Å². The third kappa shape index (κ3) is 3.50. The number of nitrogens with one attached hydrogen (secondary N) is 1. The molecule has 0 aliphatic rings. The summed E-state index contributed by atoms with van der Waals surface area (Å²) in [6.45, 7) is 0.0427. The fourth-order valence-corrected chi connectivity index (χ4v) is 2.61. The van der Waals surface area contributed by atoms with E-state index < -0.39 is 10.0 Å². The number of sulfonamides is 1. The molecule has 1 aromatic heterocycles. The van der Waals surface area contributed by atoms with Crippen LogP contribution in [-0.4, -0.2) is 15.5 Å². The monoisotopic (exact) mass is 301 g/mol. The maximum atomic E-state index is 12.0. The second kappa shape index (κ2) is 5.64. The van der Waals surface area contributed by atoms with E-state index in [2.05, 4.69) is 4.72 Å². The molecule has 2 rings (SSSR count). The van der Waals surface area contributed by atoms with Gasteiger partial charge >= 0.3 is 0 Å². The molecule has 0 spiro atoms. The van der Waals surface area contributed by atoms with Crippen molar-refractivity contribution in [2.75, 3.05) is 7.11 Å². The zero-order valence-electron chi connectivity index (χ0n) is 10.1. The Morgan fingerprint density at radius 1 is 1.21 bits per heavy atom. The van der Waals surface area contributed by atoms with Gasteiger partial charge in [-0.15, -0.1) is 0 Å². The van der Waals surface area contributed by atoms with E-state index in [1.54, 1.807) is 24.3 Å². The lowest BCUT2D eigenvalue weighted by Crippen LogP contribution is -2.22. The first-order valence-electron chi connectivity index (χ1n) is 5.39. The summed E-state index contributed by atoms with van der Waals surface area (Å²) >= 11 is 5.60. The summed E-state index contributed by atoms with van der Waals surface area (Å²) in [5.74, 6) is 1.04. The van der Waals surface area contributed by atoms with E-state index in [0.717, 1.165) is 0 Å². The van der Waals surface area contributed by atoms with E-state index >= 15 is 0 Å². The summed E-state index contributed by atoms with van der Waals surface area (Å²) in [4.78, 5) is 0.158. The smallest absolute Gasteiger partial charge is 0.240 e. The number of furan rings is 1. The molecule has 2 aromatic rings. The summed E-state index contributed by atoms with van der Waals surface area (Å²) in [6.07, 6.45) is 0. The van der Waals surface area contributed by atoms with Gasteiger partial charge in [-0.25, -0.2) is 13.1 Å². The highest BCUT2D eigenvalue weighted by Gasteiger charge is 2.14. The van der Waals surface area contributed by atoms with Crippen LogP contribution >= 0.6 is 11.6 Å². The van der Waals surface area contributed by atoms with Crippen LogP contribution in [-0.2, 0) is 16.6 Å². The number of halogens is 1. The number of benzene rings is 1. The van der Waals surface area contributed by atoms with E-state index in [1.165, 1.54) is 19.2 Å². The molecule has 0 amide bonds. The maximum absolute atomic E-state index is 12.0. The van der Waals surface area contributed by atoms with E-state index in [0.29, 0.717) is 11.5 Å². The van der Waals surface area contributed by atoms with Gasteiger partial charge in [0.2, 0.25) is 10.0 Å². The molecule has 0 aliphatic carbocycles. The highest BCUT2D eigenvalue weighted by molar-refractivity contribution is 7.89. The minimum atomic E-state index is -3.58. The average molecular weight is 302 g/mol. The Morgan fingerprint density at radius 3 is 2.42 bits per heavy atom. The van der Waals surface area contributed by atoms with Gasteiger partial charge in [0.1, 0.15) is 11.5 Å². The first-order chi connectivity index (χ1) is 9.01. The van der Waals surface area contributed by atoms with Crippen molar-refractivity contribution in [2.45, 2.75) is 11.4 Å². The lowest BCUT2D eigenvalue weighted by Gasteiger charge is -2.06. The normalized spacial score (nSPS) is 11.5. The first kappa shape index (κ1) is 13.9. The van der Waals surface area contributed by atoms with Crippen LogP contribution in [0.15, 0.2) is 45.7 Å². The van der Waals surface area contributed by atoms with Gasteiger partial charge in [-0.2, -0.15) is 0 Å². The van der Waals surface area contributed by atoms with Crippen molar-refractivity contribution in [2.24, 2.45) is 0 Å². The van der Waals surface area contributed by atoms with Gasteiger partial charge in [0.05, 0.1) is 18.6 Å². The Balaban J connectivity index is 2.09. The molecule has 5 nitrogen and oxygen atoms in total. The van der Waals surface area contributed by atoms with Gasteiger partial charge in [0, 0.05) is 0 Å². The molecular formula is C12H12ClNO4S. The predicted octanol–water partition coefficient (Wildman–Crippen LogP) is 2.42. The molecule has 102 valence electrons. The third-order valence-corrected chi connectivity index (χ3v) is 4.06. The third-order valence-electron chi connectivity index (χ3n) is 2.44. The van der Waals surface area contributed by atoms with Gasteiger partial charge < -0.3 is 9.15 Å². The zero-order chi connectivity index (χ0) is 13.9. The minimum Gasteiger partial charge on any atom is -0.497 e. The highest BCUT2D eigenvalue weighted by Crippen LogP contribution is 2.17. The van der Waals surface area contributed by atoms with Crippen molar-refractivity contribution in [3.63, 3.8) is 0 Å². The maximum Gasteiger partial charge on any atom is 0.240 e. The van der Waals surface area contributed by atoms with E-state index in [1.807, 2.05) is 0 Å². The van der Waals surface area contributed by atoms with Gasteiger partial charge in [-0.3, -0.25) is 0 Å². The fourth-order valence-electron chi connectivity index (χ4n) is 1.45. The molecule has 0 atom stereocenters. The van der Waals surface area contributed by atoms with Crippen LogP contribution in [0.1, 0.15) is 5.76 Å². The molecular weight excluding hydrogens is 290 g/mol. The molecule has 0 saturated heterocycles. The second-order valence-electron chi connectivity index (χ2n) is 3.71. The van der Waals surface area contributed by atoms with E-state index in [-0.39, 0.29) is 16.7 Å². The molecule has 0 fully saturated rings. The molecule has 1 N–H and O–H groups in total. The van der Waals surface area contributed by atoms with Crippen LogP contribution in [0.2, 0.25) is 5.22 Å². The molecule has 0 bridgehead atoms. The number of hydrogen-bond donors (Lipinski definition) is 1. The number of rotatable bonds is 5. The van der Waals surface area contributed by atoms with Crippen LogP contribution in [0.25, 0.3) is 0 Å². The number of ether oxygens (including phenoxy) is 1. The number of methoxy groups -OCH3 is 1. The zero-order valence-corrected chi connectivity index (χ0v) is 11.7. The quantitative estimate of drug-likeness (QED) is 0.921. The van der Waals surface area contributed by atoms with Gasteiger partial charge in [-0.1, -0.05) is 0 Å². The average Bonchev–Trinajstić information content (AvgIpc) is 2.82. The van der Waals surface area contributed by atoms with Crippen molar-refractivity contribution in [3.8, 4) is 5.75 Å². The summed E-state index contributed by atoms with van der Waals surface area (Å²) in [5, 5.41) is 0.221. The van der Waals surface area contributed by atoms with Crippen LogP contribution in [0.5, 0.6) is 5.75 Å². The SMILES string of the molecule is COc1ccc(S(=O)(=O)NCc2ccc(Cl)o2)cc1. The Kier molecular flexibility index (Phi) is 4.14. The molecule has 19 heavy (non-hydrogen) atoms.